The highest BCUT2D eigenvalue weighted by atomic mass is 19.2. The van der Waals surface area contributed by atoms with E-state index in [9.17, 15) is 13.2 Å². The molecule has 94 valence electrons. The average Bonchev–Trinajstić information content (AvgIpc) is 2.35. The van der Waals surface area contributed by atoms with Gasteiger partial charge in [0.15, 0.2) is 17.5 Å². The minimum atomic E-state index is -1.51. The number of hydrogen-bond donors (Lipinski definition) is 2. The number of nitrogens with one attached hydrogen (secondary N) is 1. The lowest BCUT2D eigenvalue weighted by Gasteiger charge is -2.27. The highest BCUT2D eigenvalue weighted by Gasteiger charge is 2.18. The van der Waals surface area contributed by atoms with Crippen LogP contribution in [0.5, 0.6) is 0 Å². The van der Waals surface area contributed by atoms with Crippen LogP contribution in [0.3, 0.4) is 0 Å². The monoisotopic (exact) mass is 245 g/mol. The van der Waals surface area contributed by atoms with Crippen LogP contribution in [0, 0.1) is 17.5 Å². The first-order chi connectivity index (χ1) is 8.09. The summed E-state index contributed by atoms with van der Waals surface area (Å²) >= 11 is 0. The summed E-state index contributed by atoms with van der Waals surface area (Å²) < 4.78 is 39.2. The van der Waals surface area contributed by atoms with Crippen LogP contribution in [0.15, 0.2) is 6.07 Å². The van der Waals surface area contributed by atoms with Crippen LogP contribution < -0.4 is 11.1 Å². The fourth-order valence-corrected chi connectivity index (χ4v) is 1.90. The van der Waals surface area contributed by atoms with Crippen molar-refractivity contribution in [3.8, 4) is 0 Å². The standard InChI is InChI=1S/C11H14F3N3/c12-8-5-7(11(15)10(14)9(8)13)6-17-3-1-16-2-4-17/h5,16H,1-4,6,15H2. The van der Waals surface area contributed by atoms with E-state index in [-0.39, 0.29) is 5.69 Å². The second-order valence-corrected chi connectivity index (χ2v) is 4.09. The summed E-state index contributed by atoms with van der Waals surface area (Å²) in [6, 6.07) is 0.968. The van der Waals surface area contributed by atoms with E-state index in [1.165, 1.54) is 0 Å². The van der Waals surface area contributed by atoms with Crippen LogP contribution in [0.1, 0.15) is 5.56 Å². The summed E-state index contributed by atoms with van der Waals surface area (Å²) in [6.07, 6.45) is 0. The van der Waals surface area contributed by atoms with Gasteiger partial charge in [-0.05, 0) is 11.6 Å². The Balaban J connectivity index is 2.20. The van der Waals surface area contributed by atoms with E-state index >= 15 is 0 Å². The summed E-state index contributed by atoms with van der Waals surface area (Å²) in [5.74, 6) is -4.00. The zero-order valence-corrected chi connectivity index (χ0v) is 9.27. The third-order valence-corrected chi connectivity index (χ3v) is 2.89. The molecule has 3 N–H and O–H groups in total. The van der Waals surface area contributed by atoms with Crippen molar-refractivity contribution in [2.75, 3.05) is 31.9 Å². The smallest absolute Gasteiger partial charge is 0.196 e. The Labute approximate surface area is 97.4 Å². The summed E-state index contributed by atoms with van der Waals surface area (Å²) in [5.41, 5.74) is 5.44. The van der Waals surface area contributed by atoms with Crippen molar-refractivity contribution < 1.29 is 13.2 Å². The molecule has 2 rings (SSSR count). The molecule has 0 saturated carbocycles. The lowest BCUT2D eigenvalue weighted by molar-refractivity contribution is 0.233. The number of piperazine rings is 1. The first kappa shape index (κ1) is 12.2. The number of rotatable bonds is 2. The molecule has 1 aliphatic rings. The number of halogens is 3. The molecule has 1 aromatic rings. The Bertz CT molecular complexity index is 417. The van der Waals surface area contributed by atoms with Crippen molar-refractivity contribution in [2.24, 2.45) is 0 Å². The molecule has 0 aliphatic carbocycles. The molecule has 0 amide bonds. The van der Waals surface area contributed by atoms with Gasteiger partial charge in [0.1, 0.15) is 0 Å². The first-order valence-corrected chi connectivity index (χ1v) is 5.44. The highest BCUT2D eigenvalue weighted by molar-refractivity contribution is 5.48. The zero-order chi connectivity index (χ0) is 12.4. The first-order valence-electron chi connectivity index (χ1n) is 5.44. The largest absolute Gasteiger partial charge is 0.396 e. The Morgan fingerprint density at radius 3 is 2.47 bits per heavy atom. The van der Waals surface area contributed by atoms with E-state index < -0.39 is 17.5 Å². The van der Waals surface area contributed by atoms with Gasteiger partial charge >= 0.3 is 0 Å². The third-order valence-electron chi connectivity index (χ3n) is 2.89. The Morgan fingerprint density at radius 2 is 1.82 bits per heavy atom. The second kappa shape index (κ2) is 4.93. The van der Waals surface area contributed by atoms with Gasteiger partial charge < -0.3 is 11.1 Å². The predicted molar refractivity (Wildman–Crippen MR) is 58.9 cm³/mol. The SMILES string of the molecule is Nc1c(CN2CCNCC2)cc(F)c(F)c1F. The molecule has 1 saturated heterocycles. The van der Waals surface area contributed by atoms with Crippen molar-refractivity contribution in [3.63, 3.8) is 0 Å². The lowest BCUT2D eigenvalue weighted by Crippen LogP contribution is -2.43. The van der Waals surface area contributed by atoms with E-state index in [1.54, 1.807) is 0 Å². The molecular weight excluding hydrogens is 231 g/mol. The van der Waals surface area contributed by atoms with Crippen LogP contribution in [0.4, 0.5) is 18.9 Å². The molecule has 0 atom stereocenters. The Hall–Kier alpha value is -1.27. The van der Waals surface area contributed by atoms with Gasteiger partial charge in [0.25, 0.3) is 0 Å². The minimum Gasteiger partial charge on any atom is -0.396 e. The molecule has 0 unspecified atom stereocenters. The quantitative estimate of drug-likeness (QED) is 0.605. The molecule has 3 nitrogen and oxygen atoms in total. The molecule has 17 heavy (non-hydrogen) atoms. The molecule has 1 aromatic carbocycles. The minimum absolute atomic E-state index is 0.295. The van der Waals surface area contributed by atoms with Crippen molar-refractivity contribution in [2.45, 2.75) is 6.54 Å². The molecule has 6 heteroatoms. The number of anilines is 1. The van der Waals surface area contributed by atoms with Gasteiger partial charge in [-0.2, -0.15) is 0 Å². The maximum atomic E-state index is 13.2. The Kier molecular flexibility index (Phi) is 3.54. The van der Waals surface area contributed by atoms with Gasteiger partial charge in [0, 0.05) is 32.7 Å². The van der Waals surface area contributed by atoms with Gasteiger partial charge in [-0.1, -0.05) is 0 Å². The van der Waals surface area contributed by atoms with Crippen molar-refractivity contribution >= 4 is 5.69 Å². The molecule has 1 heterocycles. The molecule has 0 spiro atoms. The number of nitrogens with zero attached hydrogens (tertiary/aromatic N) is 1. The maximum Gasteiger partial charge on any atom is 0.196 e. The number of benzene rings is 1. The van der Waals surface area contributed by atoms with E-state index in [4.69, 9.17) is 5.73 Å². The number of hydrogen-bond acceptors (Lipinski definition) is 3. The zero-order valence-electron chi connectivity index (χ0n) is 9.27. The predicted octanol–water partition coefficient (Wildman–Crippen LogP) is 1.09. The topological polar surface area (TPSA) is 41.3 Å². The van der Waals surface area contributed by atoms with Crippen LogP contribution in [0.2, 0.25) is 0 Å². The second-order valence-electron chi connectivity index (χ2n) is 4.09. The van der Waals surface area contributed by atoms with Gasteiger partial charge in [-0.25, -0.2) is 13.2 Å². The third kappa shape index (κ3) is 2.53. The average molecular weight is 245 g/mol. The van der Waals surface area contributed by atoms with Crippen molar-refractivity contribution in [1.82, 2.24) is 10.2 Å². The van der Waals surface area contributed by atoms with E-state index in [2.05, 4.69) is 5.32 Å². The summed E-state index contributed by atoms with van der Waals surface area (Å²) in [4.78, 5) is 2.01. The maximum absolute atomic E-state index is 13.2. The number of nitrogen functional groups attached to an aromatic ring is 1. The molecule has 0 radical (unpaired) electrons. The molecule has 1 aliphatic heterocycles. The van der Waals surface area contributed by atoms with E-state index in [1.807, 2.05) is 4.90 Å². The van der Waals surface area contributed by atoms with Crippen LogP contribution in [0.25, 0.3) is 0 Å². The fourth-order valence-electron chi connectivity index (χ4n) is 1.90. The lowest BCUT2D eigenvalue weighted by atomic mass is 10.1. The Morgan fingerprint density at radius 1 is 1.18 bits per heavy atom. The van der Waals surface area contributed by atoms with Crippen LogP contribution in [-0.4, -0.2) is 31.1 Å². The summed E-state index contributed by atoms with van der Waals surface area (Å²) in [7, 11) is 0. The summed E-state index contributed by atoms with van der Waals surface area (Å²) in [6.45, 7) is 3.54. The van der Waals surface area contributed by atoms with Crippen LogP contribution in [-0.2, 0) is 6.54 Å². The molecule has 1 fully saturated rings. The van der Waals surface area contributed by atoms with Crippen LogP contribution >= 0.6 is 0 Å². The van der Waals surface area contributed by atoms with Crippen molar-refractivity contribution in [3.05, 3.63) is 29.1 Å². The fraction of sp³-hybridized carbons (Fsp3) is 0.455. The van der Waals surface area contributed by atoms with Crippen molar-refractivity contribution in [1.29, 1.82) is 0 Å². The van der Waals surface area contributed by atoms with E-state index in [0.717, 1.165) is 32.2 Å². The number of nitrogens with two attached hydrogens (primary N) is 1. The van der Waals surface area contributed by atoms with Gasteiger partial charge in [0.2, 0.25) is 0 Å². The molecule has 0 aromatic heterocycles. The molecular formula is C11H14F3N3. The normalized spacial score (nSPS) is 17.4. The van der Waals surface area contributed by atoms with Gasteiger partial charge in [0.05, 0.1) is 5.69 Å². The highest BCUT2D eigenvalue weighted by Crippen LogP contribution is 2.23. The van der Waals surface area contributed by atoms with Gasteiger partial charge in [-0.3, -0.25) is 4.90 Å². The van der Waals surface area contributed by atoms with Gasteiger partial charge in [-0.15, -0.1) is 0 Å². The van der Waals surface area contributed by atoms with E-state index in [0.29, 0.717) is 12.1 Å². The molecule has 0 bridgehead atoms. The summed E-state index contributed by atoms with van der Waals surface area (Å²) in [5, 5.41) is 3.17.